The standard InChI is InChI=1S/C18H23IO2/c1-14(2)6-4-7-15(3)10-11-21-18(20)13-16-8-5-9-17(19)12-16/h5-6,8-10,12H,4,7,11,13H2,1-3H3/b15-10+. The number of halogens is 1. The molecule has 0 heterocycles. The SMILES string of the molecule is CC(C)=CCC/C(C)=C/COC(=O)Cc1cccc(I)c1. The van der Waals surface area contributed by atoms with E-state index in [2.05, 4.69) is 49.4 Å². The molecular formula is C18H23IO2. The van der Waals surface area contributed by atoms with E-state index in [1.807, 2.05) is 30.3 Å². The van der Waals surface area contributed by atoms with Gasteiger partial charge in [0.1, 0.15) is 6.61 Å². The van der Waals surface area contributed by atoms with Gasteiger partial charge in [-0.25, -0.2) is 0 Å². The Hall–Kier alpha value is -1.10. The van der Waals surface area contributed by atoms with E-state index in [1.54, 1.807) is 0 Å². The molecule has 0 N–H and O–H groups in total. The van der Waals surface area contributed by atoms with E-state index < -0.39 is 0 Å². The minimum absolute atomic E-state index is 0.176. The average Bonchev–Trinajstić information content (AvgIpc) is 2.38. The topological polar surface area (TPSA) is 26.3 Å². The smallest absolute Gasteiger partial charge is 0.310 e. The van der Waals surface area contributed by atoms with Gasteiger partial charge in [0.25, 0.3) is 0 Å². The first-order valence-corrected chi connectivity index (χ1v) is 8.24. The third kappa shape index (κ3) is 8.71. The second kappa shape index (κ2) is 9.77. The van der Waals surface area contributed by atoms with Crippen LogP contribution in [-0.2, 0) is 16.0 Å². The molecule has 1 aromatic carbocycles. The van der Waals surface area contributed by atoms with Crippen molar-refractivity contribution in [3.8, 4) is 0 Å². The molecule has 114 valence electrons. The molecule has 3 heteroatoms. The van der Waals surface area contributed by atoms with Gasteiger partial charge >= 0.3 is 5.97 Å². The van der Waals surface area contributed by atoms with Gasteiger partial charge in [-0.3, -0.25) is 4.79 Å². The molecule has 0 atom stereocenters. The molecule has 0 amide bonds. The third-order valence-electron chi connectivity index (χ3n) is 3.00. The summed E-state index contributed by atoms with van der Waals surface area (Å²) in [5.41, 5.74) is 3.59. The van der Waals surface area contributed by atoms with Crippen molar-refractivity contribution in [2.75, 3.05) is 6.61 Å². The van der Waals surface area contributed by atoms with Crippen LogP contribution < -0.4 is 0 Å². The van der Waals surface area contributed by atoms with E-state index in [0.717, 1.165) is 22.0 Å². The molecule has 0 unspecified atom stereocenters. The molecule has 0 saturated heterocycles. The molecular weight excluding hydrogens is 375 g/mol. The van der Waals surface area contributed by atoms with Crippen LogP contribution in [0.2, 0.25) is 0 Å². The van der Waals surface area contributed by atoms with Crippen LogP contribution in [0.15, 0.2) is 47.6 Å². The highest BCUT2D eigenvalue weighted by molar-refractivity contribution is 14.1. The fourth-order valence-corrected chi connectivity index (χ4v) is 2.44. The van der Waals surface area contributed by atoms with Gasteiger partial charge in [-0.05, 0) is 80.0 Å². The van der Waals surface area contributed by atoms with Crippen molar-refractivity contribution in [3.63, 3.8) is 0 Å². The summed E-state index contributed by atoms with van der Waals surface area (Å²) >= 11 is 2.24. The Labute approximate surface area is 141 Å². The van der Waals surface area contributed by atoms with Gasteiger partial charge in [0.2, 0.25) is 0 Å². The second-order valence-corrected chi connectivity index (χ2v) is 6.61. The van der Waals surface area contributed by atoms with Gasteiger partial charge < -0.3 is 4.74 Å². The Morgan fingerprint density at radius 3 is 2.67 bits per heavy atom. The number of benzene rings is 1. The monoisotopic (exact) mass is 398 g/mol. The molecule has 0 aliphatic rings. The Morgan fingerprint density at radius 1 is 1.24 bits per heavy atom. The molecule has 0 bridgehead atoms. The fraction of sp³-hybridized carbons (Fsp3) is 0.389. The first kappa shape index (κ1) is 18.0. The summed E-state index contributed by atoms with van der Waals surface area (Å²) in [6.45, 7) is 6.65. The molecule has 0 radical (unpaired) electrons. The third-order valence-corrected chi connectivity index (χ3v) is 3.68. The predicted octanol–water partition coefficient (Wildman–Crippen LogP) is 5.07. The van der Waals surface area contributed by atoms with Crippen molar-refractivity contribution in [3.05, 3.63) is 56.7 Å². The summed E-state index contributed by atoms with van der Waals surface area (Å²) in [6.07, 6.45) is 6.61. The number of carbonyl (C=O) groups is 1. The van der Waals surface area contributed by atoms with Crippen molar-refractivity contribution in [2.45, 2.75) is 40.0 Å². The minimum atomic E-state index is -0.176. The van der Waals surface area contributed by atoms with Gasteiger partial charge in [0.05, 0.1) is 6.42 Å². The van der Waals surface area contributed by atoms with Crippen LogP contribution in [0.4, 0.5) is 0 Å². The van der Waals surface area contributed by atoms with Crippen LogP contribution >= 0.6 is 22.6 Å². The Bertz CT molecular complexity index is 526. The number of hydrogen-bond donors (Lipinski definition) is 0. The zero-order chi connectivity index (χ0) is 15.7. The van der Waals surface area contributed by atoms with Crippen molar-refractivity contribution < 1.29 is 9.53 Å². The lowest BCUT2D eigenvalue weighted by Gasteiger charge is -2.04. The first-order chi connectivity index (χ1) is 9.97. The predicted molar refractivity (Wildman–Crippen MR) is 96.2 cm³/mol. The van der Waals surface area contributed by atoms with E-state index in [1.165, 1.54) is 11.1 Å². The van der Waals surface area contributed by atoms with Crippen LogP contribution in [0, 0.1) is 3.57 Å². The van der Waals surface area contributed by atoms with E-state index >= 15 is 0 Å². The van der Waals surface area contributed by atoms with Gasteiger partial charge in [0, 0.05) is 3.57 Å². The normalized spacial score (nSPS) is 11.1. The quantitative estimate of drug-likeness (QED) is 0.364. The van der Waals surface area contributed by atoms with Gasteiger partial charge in [-0.15, -0.1) is 0 Å². The molecule has 2 nitrogen and oxygen atoms in total. The largest absolute Gasteiger partial charge is 0.461 e. The summed E-state index contributed by atoms with van der Waals surface area (Å²) in [5, 5.41) is 0. The minimum Gasteiger partial charge on any atom is -0.461 e. The zero-order valence-corrected chi connectivity index (χ0v) is 15.1. The van der Waals surface area contributed by atoms with Crippen LogP contribution in [0.3, 0.4) is 0 Å². The van der Waals surface area contributed by atoms with Gasteiger partial charge in [0.15, 0.2) is 0 Å². The van der Waals surface area contributed by atoms with E-state index in [-0.39, 0.29) is 5.97 Å². The van der Waals surface area contributed by atoms with Crippen molar-refractivity contribution in [1.29, 1.82) is 0 Å². The number of ether oxygens (including phenoxy) is 1. The summed E-state index contributed by atoms with van der Waals surface area (Å²) in [6, 6.07) is 7.91. The average molecular weight is 398 g/mol. The van der Waals surface area contributed by atoms with E-state index in [9.17, 15) is 4.79 Å². The van der Waals surface area contributed by atoms with Crippen LogP contribution in [0.25, 0.3) is 0 Å². The summed E-state index contributed by atoms with van der Waals surface area (Å²) < 4.78 is 6.38. The zero-order valence-electron chi connectivity index (χ0n) is 13.0. The maximum atomic E-state index is 11.7. The van der Waals surface area contributed by atoms with Crippen LogP contribution in [0.5, 0.6) is 0 Å². The highest BCUT2D eigenvalue weighted by Gasteiger charge is 2.04. The molecule has 1 aromatic rings. The maximum absolute atomic E-state index is 11.7. The Kier molecular flexibility index (Phi) is 8.35. The van der Waals surface area contributed by atoms with Crippen molar-refractivity contribution in [1.82, 2.24) is 0 Å². The van der Waals surface area contributed by atoms with Crippen molar-refractivity contribution >= 4 is 28.6 Å². The number of hydrogen-bond acceptors (Lipinski definition) is 2. The highest BCUT2D eigenvalue weighted by atomic mass is 127. The summed E-state index contributed by atoms with van der Waals surface area (Å²) in [7, 11) is 0. The maximum Gasteiger partial charge on any atom is 0.310 e. The van der Waals surface area contributed by atoms with Crippen LogP contribution in [0.1, 0.15) is 39.2 Å². The molecule has 0 saturated carbocycles. The van der Waals surface area contributed by atoms with Crippen LogP contribution in [-0.4, -0.2) is 12.6 Å². The molecule has 0 spiro atoms. The Morgan fingerprint density at radius 2 is 2.00 bits per heavy atom. The molecule has 0 aliphatic heterocycles. The fourth-order valence-electron chi connectivity index (χ4n) is 1.83. The summed E-state index contributed by atoms with van der Waals surface area (Å²) in [4.78, 5) is 11.7. The lowest BCUT2D eigenvalue weighted by Crippen LogP contribution is -2.08. The lowest BCUT2D eigenvalue weighted by molar-refractivity contribution is -0.141. The number of esters is 1. The molecule has 0 aromatic heterocycles. The number of carbonyl (C=O) groups excluding carboxylic acids is 1. The van der Waals surface area contributed by atoms with E-state index in [0.29, 0.717) is 13.0 Å². The number of allylic oxidation sites excluding steroid dienone is 3. The van der Waals surface area contributed by atoms with E-state index in [4.69, 9.17) is 4.74 Å². The second-order valence-electron chi connectivity index (χ2n) is 5.36. The van der Waals surface area contributed by atoms with Crippen molar-refractivity contribution in [2.24, 2.45) is 0 Å². The highest BCUT2D eigenvalue weighted by Crippen LogP contribution is 2.09. The molecule has 0 fully saturated rings. The first-order valence-electron chi connectivity index (χ1n) is 7.16. The molecule has 21 heavy (non-hydrogen) atoms. The lowest BCUT2D eigenvalue weighted by atomic mass is 10.1. The Balaban J connectivity index is 2.31. The molecule has 0 aliphatic carbocycles. The molecule has 1 rings (SSSR count). The summed E-state index contributed by atoms with van der Waals surface area (Å²) in [5.74, 6) is -0.176. The van der Waals surface area contributed by atoms with Gasteiger partial charge in [-0.2, -0.15) is 0 Å². The van der Waals surface area contributed by atoms with Gasteiger partial charge in [-0.1, -0.05) is 29.4 Å². The number of rotatable bonds is 7.